The van der Waals surface area contributed by atoms with E-state index in [1.807, 2.05) is 44.4 Å². The van der Waals surface area contributed by atoms with Gasteiger partial charge in [0.05, 0.1) is 0 Å². The third-order valence-corrected chi connectivity index (χ3v) is 2.24. The van der Waals surface area contributed by atoms with Crippen LogP contribution in [0.5, 0.6) is 0 Å². The van der Waals surface area contributed by atoms with Crippen LogP contribution < -0.4 is 16.7 Å². The van der Waals surface area contributed by atoms with E-state index in [4.69, 9.17) is 5.84 Å². The summed E-state index contributed by atoms with van der Waals surface area (Å²) < 4.78 is 0. The molecule has 0 fully saturated rings. The molecule has 0 spiro atoms. The highest BCUT2D eigenvalue weighted by molar-refractivity contribution is 5.60. The fourth-order valence-electron chi connectivity index (χ4n) is 1.52. The molecule has 0 amide bonds. The van der Waals surface area contributed by atoms with Crippen molar-refractivity contribution in [2.45, 2.75) is 0 Å². The Morgan fingerprint density at radius 2 is 1.72 bits per heavy atom. The molecule has 0 aliphatic carbocycles. The summed E-state index contributed by atoms with van der Waals surface area (Å²) in [5.41, 5.74) is 6.56. The Balaban J connectivity index is 2.41. The third-order valence-electron chi connectivity index (χ3n) is 2.24. The molecule has 1 aromatic heterocycles. The molecule has 0 radical (unpaired) electrons. The molecular weight excluding hydrogens is 228 g/mol. The van der Waals surface area contributed by atoms with Crippen molar-refractivity contribution < 1.29 is 0 Å². The predicted octanol–water partition coefficient (Wildman–Crippen LogP) is 1.32. The number of hydrazine groups is 2. The molecule has 0 aliphatic heterocycles. The number of nitrogens with one attached hydrogen (secondary N) is 2. The zero-order valence-electron chi connectivity index (χ0n) is 10.4. The molecular formula is C12H16N6. The van der Waals surface area contributed by atoms with Crippen molar-refractivity contribution in [3.63, 3.8) is 0 Å². The van der Waals surface area contributed by atoms with Crippen molar-refractivity contribution in [2.75, 3.05) is 24.9 Å². The minimum Gasteiger partial charge on any atom is -0.308 e. The average Bonchev–Trinajstić information content (AvgIpc) is 2.38. The van der Waals surface area contributed by atoms with Crippen molar-refractivity contribution in [1.29, 1.82) is 0 Å². The number of nitrogen functional groups attached to an aromatic ring is 1. The molecule has 0 aliphatic rings. The number of rotatable bonds is 4. The fourth-order valence-corrected chi connectivity index (χ4v) is 1.52. The van der Waals surface area contributed by atoms with Gasteiger partial charge in [0, 0.05) is 25.7 Å². The van der Waals surface area contributed by atoms with Gasteiger partial charge in [0.15, 0.2) is 5.82 Å². The Bertz CT molecular complexity index is 511. The van der Waals surface area contributed by atoms with E-state index in [0.717, 1.165) is 5.56 Å². The average molecular weight is 244 g/mol. The summed E-state index contributed by atoms with van der Waals surface area (Å²) in [5.74, 6) is 7.28. The molecule has 1 aromatic carbocycles. The maximum atomic E-state index is 5.41. The van der Waals surface area contributed by atoms with Crippen LogP contribution in [0.2, 0.25) is 0 Å². The van der Waals surface area contributed by atoms with E-state index in [1.54, 1.807) is 11.1 Å². The van der Waals surface area contributed by atoms with E-state index in [0.29, 0.717) is 17.5 Å². The highest BCUT2D eigenvalue weighted by Gasteiger charge is 2.06. The van der Waals surface area contributed by atoms with E-state index in [-0.39, 0.29) is 0 Å². The first-order valence-electron chi connectivity index (χ1n) is 5.54. The zero-order chi connectivity index (χ0) is 13.0. The molecule has 2 aromatic rings. The standard InChI is InChI=1S/C12H16N6/c1-18(2)17-11-8-10(16-13)14-12(15-11)9-6-4-3-5-7-9/h3-8H,13H2,1-2H3,(H2,14,15,16,17). The summed E-state index contributed by atoms with van der Waals surface area (Å²) in [5, 5.41) is 1.80. The third kappa shape index (κ3) is 2.93. The van der Waals surface area contributed by atoms with Gasteiger partial charge in [-0.3, -0.25) is 0 Å². The lowest BCUT2D eigenvalue weighted by Crippen LogP contribution is -2.21. The number of hydrogen-bond donors (Lipinski definition) is 3. The van der Waals surface area contributed by atoms with Gasteiger partial charge < -0.3 is 10.9 Å². The van der Waals surface area contributed by atoms with Gasteiger partial charge in [0.1, 0.15) is 11.6 Å². The summed E-state index contributed by atoms with van der Waals surface area (Å²) in [4.78, 5) is 8.76. The molecule has 18 heavy (non-hydrogen) atoms. The van der Waals surface area contributed by atoms with Crippen LogP contribution in [0.15, 0.2) is 36.4 Å². The van der Waals surface area contributed by atoms with Crippen LogP contribution >= 0.6 is 0 Å². The normalized spacial score (nSPS) is 10.4. The summed E-state index contributed by atoms with van der Waals surface area (Å²) in [6.45, 7) is 0. The molecule has 94 valence electrons. The molecule has 2 rings (SSSR count). The number of nitrogens with two attached hydrogens (primary N) is 1. The van der Waals surface area contributed by atoms with Crippen molar-refractivity contribution in [3.05, 3.63) is 36.4 Å². The number of benzene rings is 1. The molecule has 0 saturated carbocycles. The lowest BCUT2D eigenvalue weighted by atomic mass is 10.2. The van der Waals surface area contributed by atoms with Gasteiger partial charge in [-0.05, 0) is 0 Å². The van der Waals surface area contributed by atoms with Crippen LogP contribution in [0.4, 0.5) is 11.6 Å². The van der Waals surface area contributed by atoms with Gasteiger partial charge >= 0.3 is 0 Å². The molecule has 6 heteroatoms. The summed E-state index contributed by atoms with van der Waals surface area (Å²) >= 11 is 0. The van der Waals surface area contributed by atoms with Crippen LogP contribution in [-0.4, -0.2) is 29.1 Å². The van der Waals surface area contributed by atoms with Gasteiger partial charge in [-0.2, -0.15) is 0 Å². The van der Waals surface area contributed by atoms with Crippen LogP contribution in [0.25, 0.3) is 11.4 Å². The van der Waals surface area contributed by atoms with E-state index in [1.165, 1.54) is 0 Å². The van der Waals surface area contributed by atoms with E-state index in [2.05, 4.69) is 20.8 Å². The Hall–Kier alpha value is -2.18. The van der Waals surface area contributed by atoms with E-state index in [9.17, 15) is 0 Å². The topological polar surface area (TPSA) is 79.1 Å². The first-order chi connectivity index (χ1) is 8.69. The van der Waals surface area contributed by atoms with Crippen LogP contribution in [0, 0.1) is 0 Å². The monoisotopic (exact) mass is 244 g/mol. The Morgan fingerprint density at radius 3 is 2.33 bits per heavy atom. The molecule has 4 N–H and O–H groups in total. The second-order valence-corrected chi connectivity index (χ2v) is 3.98. The highest BCUT2D eigenvalue weighted by Crippen LogP contribution is 2.19. The maximum Gasteiger partial charge on any atom is 0.163 e. The van der Waals surface area contributed by atoms with Crippen molar-refractivity contribution in [1.82, 2.24) is 15.0 Å². The molecule has 1 heterocycles. The smallest absolute Gasteiger partial charge is 0.163 e. The minimum absolute atomic E-state index is 0.563. The number of aromatic nitrogens is 2. The van der Waals surface area contributed by atoms with Crippen molar-refractivity contribution >= 4 is 11.6 Å². The van der Waals surface area contributed by atoms with Gasteiger partial charge in [-0.15, -0.1) is 0 Å². The van der Waals surface area contributed by atoms with Gasteiger partial charge in [0.25, 0.3) is 0 Å². The number of anilines is 2. The summed E-state index contributed by atoms with van der Waals surface area (Å²) in [6.07, 6.45) is 0. The zero-order valence-corrected chi connectivity index (χ0v) is 10.4. The van der Waals surface area contributed by atoms with Gasteiger partial charge in [0.2, 0.25) is 0 Å². The lowest BCUT2D eigenvalue weighted by molar-refractivity contribution is 0.492. The Labute approximate surface area is 106 Å². The molecule has 0 bridgehead atoms. The Morgan fingerprint density at radius 1 is 1.06 bits per heavy atom. The Kier molecular flexibility index (Phi) is 3.71. The summed E-state index contributed by atoms with van der Waals surface area (Å²) in [7, 11) is 3.78. The predicted molar refractivity (Wildman–Crippen MR) is 72.6 cm³/mol. The molecule has 0 atom stereocenters. The SMILES string of the molecule is CN(C)Nc1cc(NN)nc(-c2ccccc2)n1. The van der Waals surface area contributed by atoms with Crippen LogP contribution in [0.1, 0.15) is 0 Å². The largest absolute Gasteiger partial charge is 0.308 e. The van der Waals surface area contributed by atoms with Gasteiger partial charge in [-0.25, -0.2) is 20.8 Å². The minimum atomic E-state index is 0.563. The first-order valence-corrected chi connectivity index (χ1v) is 5.54. The van der Waals surface area contributed by atoms with Crippen molar-refractivity contribution in [2.24, 2.45) is 5.84 Å². The van der Waals surface area contributed by atoms with Crippen LogP contribution in [-0.2, 0) is 0 Å². The van der Waals surface area contributed by atoms with Crippen molar-refractivity contribution in [3.8, 4) is 11.4 Å². The second kappa shape index (κ2) is 5.44. The molecule has 0 unspecified atom stereocenters. The van der Waals surface area contributed by atoms with Crippen LogP contribution in [0.3, 0.4) is 0 Å². The first kappa shape index (κ1) is 12.3. The number of nitrogens with zero attached hydrogens (tertiary/aromatic N) is 3. The molecule has 6 nitrogen and oxygen atoms in total. The number of hydrogen-bond acceptors (Lipinski definition) is 6. The quantitative estimate of drug-likeness (QED) is 0.556. The maximum absolute atomic E-state index is 5.41. The fraction of sp³-hybridized carbons (Fsp3) is 0.167. The van der Waals surface area contributed by atoms with E-state index < -0.39 is 0 Å². The second-order valence-electron chi connectivity index (χ2n) is 3.98. The molecule has 0 saturated heterocycles. The highest BCUT2D eigenvalue weighted by atomic mass is 15.5. The summed E-state index contributed by atoms with van der Waals surface area (Å²) in [6, 6.07) is 11.5. The lowest BCUT2D eigenvalue weighted by Gasteiger charge is -2.14. The van der Waals surface area contributed by atoms with E-state index >= 15 is 0 Å². The van der Waals surface area contributed by atoms with Gasteiger partial charge in [-0.1, -0.05) is 30.3 Å².